The van der Waals surface area contributed by atoms with Crippen LogP contribution < -0.4 is 5.32 Å². The normalized spacial score (nSPS) is 10.5. The van der Waals surface area contributed by atoms with E-state index in [1.54, 1.807) is 6.07 Å². The van der Waals surface area contributed by atoms with Gasteiger partial charge in [-0.05, 0) is 34.1 Å². The maximum atomic E-state index is 13.5. The first-order valence-corrected chi connectivity index (χ1v) is 6.78. The van der Waals surface area contributed by atoms with Gasteiger partial charge in [-0.15, -0.1) is 11.3 Å². The Morgan fingerprint density at radius 3 is 2.68 bits per heavy atom. The lowest BCUT2D eigenvalue weighted by Gasteiger charge is -2.07. The number of anilines is 1. The standard InChI is InChI=1S/C12H8BrF2NO2S/c13-7-3-10(9(15)4-8(7)14)16-5-6-1-2-11(19-6)12(17)18/h1-4,16H,5H2,(H,17,18). The number of thiophene rings is 1. The van der Waals surface area contributed by atoms with Gasteiger partial charge in [-0.2, -0.15) is 0 Å². The SMILES string of the molecule is O=C(O)c1ccc(CNc2cc(Br)c(F)cc2F)s1. The molecule has 0 aliphatic rings. The van der Waals surface area contributed by atoms with Gasteiger partial charge in [0.2, 0.25) is 0 Å². The van der Waals surface area contributed by atoms with Crippen LogP contribution in [0.2, 0.25) is 0 Å². The number of carboxylic acid groups (broad SMARTS) is 1. The summed E-state index contributed by atoms with van der Waals surface area (Å²) in [4.78, 5) is 11.7. The van der Waals surface area contributed by atoms with Crippen molar-refractivity contribution in [3.63, 3.8) is 0 Å². The fourth-order valence-electron chi connectivity index (χ4n) is 1.43. The van der Waals surface area contributed by atoms with Gasteiger partial charge < -0.3 is 10.4 Å². The van der Waals surface area contributed by atoms with Crippen LogP contribution in [-0.4, -0.2) is 11.1 Å². The number of halogens is 3. The molecule has 2 N–H and O–H groups in total. The zero-order valence-corrected chi connectivity index (χ0v) is 11.8. The number of carboxylic acids is 1. The monoisotopic (exact) mass is 347 g/mol. The molecule has 1 aromatic heterocycles. The van der Waals surface area contributed by atoms with Gasteiger partial charge in [0.15, 0.2) is 0 Å². The van der Waals surface area contributed by atoms with E-state index in [1.807, 2.05) is 0 Å². The molecule has 0 atom stereocenters. The summed E-state index contributed by atoms with van der Waals surface area (Å²) in [7, 11) is 0. The van der Waals surface area contributed by atoms with E-state index < -0.39 is 17.6 Å². The fraction of sp³-hybridized carbons (Fsp3) is 0.0833. The van der Waals surface area contributed by atoms with E-state index in [9.17, 15) is 13.6 Å². The molecule has 1 aromatic carbocycles. The van der Waals surface area contributed by atoms with Crippen molar-refractivity contribution >= 4 is 38.9 Å². The van der Waals surface area contributed by atoms with E-state index in [-0.39, 0.29) is 21.6 Å². The highest BCUT2D eigenvalue weighted by Crippen LogP contribution is 2.25. The van der Waals surface area contributed by atoms with E-state index in [0.717, 1.165) is 22.3 Å². The second-order valence-corrected chi connectivity index (χ2v) is 5.69. The topological polar surface area (TPSA) is 49.3 Å². The lowest BCUT2D eigenvalue weighted by molar-refractivity contribution is 0.0702. The number of carbonyl (C=O) groups is 1. The van der Waals surface area contributed by atoms with Gasteiger partial charge in [0.05, 0.1) is 10.2 Å². The average molecular weight is 348 g/mol. The van der Waals surface area contributed by atoms with E-state index in [4.69, 9.17) is 5.11 Å². The third-order valence-corrected chi connectivity index (χ3v) is 4.02. The number of nitrogens with one attached hydrogen (secondary N) is 1. The molecule has 2 aromatic rings. The lowest BCUT2D eigenvalue weighted by atomic mass is 10.3. The Morgan fingerprint density at radius 1 is 1.32 bits per heavy atom. The van der Waals surface area contributed by atoms with E-state index in [2.05, 4.69) is 21.2 Å². The van der Waals surface area contributed by atoms with Gasteiger partial charge in [-0.3, -0.25) is 0 Å². The largest absolute Gasteiger partial charge is 0.477 e. The summed E-state index contributed by atoms with van der Waals surface area (Å²) in [6.45, 7) is 0.271. The number of hydrogen-bond donors (Lipinski definition) is 2. The zero-order chi connectivity index (χ0) is 14.0. The molecule has 19 heavy (non-hydrogen) atoms. The number of hydrogen-bond acceptors (Lipinski definition) is 3. The summed E-state index contributed by atoms with van der Waals surface area (Å²) >= 11 is 4.08. The third kappa shape index (κ3) is 3.30. The molecule has 0 radical (unpaired) electrons. The summed E-state index contributed by atoms with van der Waals surface area (Å²) < 4.78 is 26.7. The van der Waals surface area contributed by atoms with Crippen molar-refractivity contribution in [3.05, 3.63) is 50.1 Å². The molecule has 0 unspecified atom stereocenters. The molecule has 0 saturated heterocycles. The van der Waals surface area contributed by atoms with E-state index in [0.29, 0.717) is 0 Å². The summed E-state index contributed by atoms with van der Waals surface area (Å²) in [5.41, 5.74) is 0.151. The maximum absolute atomic E-state index is 13.5. The Bertz CT molecular complexity index is 630. The fourth-order valence-corrected chi connectivity index (χ4v) is 2.56. The van der Waals surface area contributed by atoms with Gasteiger partial charge in [-0.1, -0.05) is 0 Å². The van der Waals surface area contributed by atoms with Crippen LogP contribution in [0.4, 0.5) is 14.5 Å². The van der Waals surface area contributed by atoms with Gasteiger partial charge in [0.1, 0.15) is 16.5 Å². The Labute approximate surface area is 120 Å². The van der Waals surface area contributed by atoms with Crippen LogP contribution in [0.5, 0.6) is 0 Å². The van der Waals surface area contributed by atoms with Crippen molar-refractivity contribution in [1.29, 1.82) is 0 Å². The van der Waals surface area contributed by atoms with E-state index in [1.165, 1.54) is 12.1 Å². The minimum atomic E-state index is -0.994. The van der Waals surface area contributed by atoms with Crippen molar-refractivity contribution in [2.45, 2.75) is 6.54 Å². The van der Waals surface area contributed by atoms with Gasteiger partial charge in [0.25, 0.3) is 0 Å². The molecule has 7 heteroatoms. The highest BCUT2D eigenvalue weighted by Gasteiger charge is 2.10. The molecule has 100 valence electrons. The molecule has 0 bridgehead atoms. The van der Waals surface area contributed by atoms with Crippen LogP contribution >= 0.6 is 27.3 Å². The summed E-state index contributed by atoms with van der Waals surface area (Å²) in [5, 5.41) is 11.6. The predicted molar refractivity (Wildman–Crippen MR) is 72.7 cm³/mol. The number of benzene rings is 1. The Kier molecular flexibility index (Phi) is 4.16. The molecule has 1 heterocycles. The maximum Gasteiger partial charge on any atom is 0.345 e. The van der Waals surface area contributed by atoms with Gasteiger partial charge in [-0.25, -0.2) is 13.6 Å². The molecule has 2 rings (SSSR count). The minimum Gasteiger partial charge on any atom is -0.477 e. The van der Waals surface area contributed by atoms with Crippen LogP contribution in [0.25, 0.3) is 0 Å². The van der Waals surface area contributed by atoms with Crippen LogP contribution in [0.1, 0.15) is 14.5 Å². The van der Waals surface area contributed by atoms with Crippen LogP contribution in [0, 0.1) is 11.6 Å². The highest BCUT2D eigenvalue weighted by molar-refractivity contribution is 9.10. The first-order chi connectivity index (χ1) is 8.97. The quantitative estimate of drug-likeness (QED) is 0.818. The summed E-state index contributed by atoms with van der Waals surface area (Å²) in [6.07, 6.45) is 0. The first kappa shape index (κ1) is 14.0. The molecule has 0 aliphatic carbocycles. The Hall–Kier alpha value is -1.47. The molecule has 3 nitrogen and oxygen atoms in total. The van der Waals surface area contributed by atoms with Gasteiger partial charge in [0, 0.05) is 17.5 Å². The highest BCUT2D eigenvalue weighted by atomic mass is 79.9. The second kappa shape index (κ2) is 5.66. The first-order valence-electron chi connectivity index (χ1n) is 5.18. The van der Waals surface area contributed by atoms with Crippen molar-refractivity contribution in [2.24, 2.45) is 0 Å². The van der Waals surface area contributed by atoms with Crippen molar-refractivity contribution in [3.8, 4) is 0 Å². The van der Waals surface area contributed by atoms with Crippen molar-refractivity contribution < 1.29 is 18.7 Å². The molecule has 0 fully saturated rings. The molecule has 0 spiro atoms. The molecule has 0 aliphatic heterocycles. The van der Waals surface area contributed by atoms with Crippen LogP contribution in [0.3, 0.4) is 0 Å². The summed E-state index contributed by atoms with van der Waals surface area (Å²) in [5.74, 6) is -2.37. The number of rotatable bonds is 4. The van der Waals surface area contributed by atoms with E-state index >= 15 is 0 Å². The molecule has 0 saturated carbocycles. The molecular weight excluding hydrogens is 340 g/mol. The predicted octanol–water partition coefficient (Wildman–Crippen LogP) is 4.10. The van der Waals surface area contributed by atoms with Crippen LogP contribution in [0.15, 0.2) is 28.7 Å². The zero-order valence-electron chi connectivity index (χ0n) is 9.41. The van der Waals surface area contributed by atoms with Gasteiger partial charge >= 0.3 is 5.97 Å². The Morgan fingerprint density at radius 2 is 2.05 bits per heavy atom. The third-order valence-electron chi connectivity index (χ3n) is 2.34. The Balaban J connectivity index is 2.09. The molecule has 0 amide bonds. The number of aromatic carboxylic acids is 1. The smallest absolute Gasteiger partial charge is 0.345 e. The van der Waals surface area contributed by atoms with Crippen LogP contribution in [-0.2, 0) is 6.54 Å². The minimum absolute atomic E-state index is 0.151. The van der Waals surface area contributed by atoms with Crippen molar-refractivity contribution in [2.75, 3.05) is 5.32 Å². The average Bonchev–Trinajstić information content (AvgIpc) is 2.81. The second-order valence-electron chi connectivity index (χ2n) is 3.67. The van der Waals surface area contributed by atoms with Crippen molar-refractivity contribution in [1.82, 2.24) is 0 Å². The molecular formula is C12H8BrF2NO2S. The lowest BCUT2D eigenvalue weighted by Crippen LogP contribution is -2.00. The summed E-state index contributed by atoms with van der Waals surface area (Å²) in [6, 6.07) is 5.22.